The highest BCUT2D eigenvalue weighted by molar-refractivity contribution is 5.97. The molecule has 0 spiro atoms. The molecule has 1 aromatic heterocycles. The van der Waals surface area contributed by atoms with Gasteiger partial charge in [0.25, 0.3) is 11.8 Å². The average Bonchev–Trinajstić information content (AvgIpc) is 2.97. The van der Waals surface area contributed by atoms with Crippen molar-refractivity contribution < 1.29 is 9.59 Å². The Hall–Kier alpha value is -4.56. The van der Waals surface area contributed by atoms with Crippen molar-refractivity contribution in [2.75, 3.05) is 18.8 Å². The molecule has 38 heavy (non-hydrogen) atoms. The Labute approximate surface area is 221 Å². The lowest BCUT2D eigenvalue weighted by Crippen LogP contribution is -2.46. The van der Waals surface area contributed by atoms with Crippen LogP contribution in [0, 0.1) is 0 Å². The third kappa shape index (κ3) is 6.04. The molecule has 1 aliphatic heterocycles. The number of piperidine rings is 1. The predicted octanol–water partition coefficient (Wildman–Crippen LogP) is 3.80. The van der Waals surface area contributed by atoms with E-state index in [1.807, 2.05) is 78.9 Å². The van der Waals surface area contributed by atoms with Crippen molar-refractivity contribution in [2.24, 2.45) is 0 Å². The largest absolute Gasteiger partial charge is 0.382 e. The molecular formula is C30H30N6O2. The third-order valence-electron chi connectivity index (χ3n) is 6.58. The Kier molecular flexibility index (Phi) is 7.70. The average molecular weight is 507 g/mol. The highest BCUT2D eigenvalue weighted by Crippen LogP contribution is 2.21. The molecule has 4 aromatic rings. The summed E-state index contributed by atoms with van der Waals surface area (Å²) in [6, 6.07) is 25.3. The molecule has 8 nitrogen and oxygen atoms in total. The van der Waals surface area contributed by atoms with Gasteiger partial charge in [0.05, 0.1) is 11.9 Å². The molecule has 5 N–H and O–H groups in total. The highest BCUT2D eigenvalue weighted by atomic mass is 16.2. The zero-order valence-corrected chi connectivity index (χ0v) is 21.0. The van der Waals surface area contributed by atoms with E-state index >= 15 is 0 Å². The molecule has 0 saturated carbocycles. The first-order chi connectivity index (χ1) is 18.6. The van der Waals surface area contributed by atoms with Gasteiger partial charge < -0.3 is 21.7 Å². The molecule has 3 aromatic carbocycles. The normalized spacial score (nSPS) is 15.0. The Balaban J connectivity index is 1.24. The Morgan fingerprint density at radius 1 is 0.921 bits per heavy atom. The maximum absolute atomic E-state index is 12.8. The van der Waals surface area contributed by atoms with Crippen molar-refractivity contribution in [1.82, 2.24) is 25.9 Å². The standard InChI is InChI=1S/C30H30N6O2/c31-28-27(30(38)35-25-10-5-15-32-18-25)36-26(19-33-28)24-9-4-6-20(16-24)17-34-29(37)23-13-11-22(12-14-23)21-7-2-1-3-8-21/h1-4,6-9,11-14,16,19,25,32H,5,10,15,17-18H2,(H2,31,33)(H,34,37)(H,35,38)/t25-/m0/s1. The van der Waals surface area contributed by atoms with Crippen LogP contribution in [0.15, 0.2) is 85.1 Å². The SMILES string of the molecule is Nc1ncc(-c2cccc(CNC(=O)c3ccc(-c4ccccc4)cc3)c2)nc1C(=O)N[C@H]1CCCNC1. The van der Waals surface area contributed by atoms with Crippen LogP contribution >= 0.6 is 0 Å². The number of carbonyl (C=O) groups excluding carboxylic acids is 2. The van der Waals surface area contributed by atoms with E-state index in [4.69, 9.17) is 5.73 Å². The minimum Gasteiger partial charge on any atom is -0.382 e. The number of nitrogens with one attached hydrogen (secondary N) is 3. The maximum Gasteiger partial charge on any atom is 0.274 e. The molecule has 0 aliphatic carbocycles. The fraction of sp³-hybridized carbons (Fsp3) is 0.200. The summed E-state index contributed by atoms with van der Waals surface area (Å²) < 4.78 is 0. The van der Waals surface area contributed by atoms with E-state index in [2.05, 4.69) is 25.9 Å². The summed E-state index contributed by atoms with van der Waals surface area (Å²) >= 11 is 0. The molecule has 0 radical (unpaired) electrons. The summed E-state index contributed by atoms with van der Waals surface area (Å²) in [4.78, 5) is 34.3. The second-order valence-corrected chi connectivity index (χ2v) is 9.33. The quantitative estimate of drug-likeness (QED) is 0.302. The predicted molar refractivity (Wildman–Crippen MR) is 148 cm³/mol. The molecular weight excluding hydrogens is 476 g/mol. The summed E-state index contributed by atoms with van der Waals surface area (Å²) in [7, 11) is 0. The van der Waals surface area contributed by atoms with Crippen LogP contribution in [0.25, 0.3) is 22.4 Å². The van der Waals surface area contributed by atoms with Gasteiger partial charge in [-0.05, 0) is 54.3 Å². The molecule has 8 heteroatoms. The molecule has 0 unspecified atom stereocenters. The minimum absolute atomic E-state index is 0.0441. The zero-order valence-electron chi connectivity index (χ0n) is 21.0. The number of anilines is 1. The van der Waals surface area contributed by atoms with Crippen LogP contribution < -0.4 is 21.7 Å². The van der Waals surface area contributed by atoms with Crippen molar-refractivity contribution in [1.29, 1.82) is 0 Å². The van der Waals surface area contributed by atoms with E-state index in [9.17, 15) is 9.59 Å². The lowest BCUT2D eigenvalue weighted by molar-refractivity contribution is 0.0924. The van der Waals surface area contributed by atoms with Gasteiger partial charge in [-0.3, -0.25) is 9.59 Å². The van der Waals surface area contributed by atoms with Crippen molar-refractivity contribution in [2.45, 2.75) is 25.4 Å². The number of hydrogen-bond acceptors (Lipinski definition) is 6. The second-order valence-electron chi connectivity index (χ2n) is 9.33. The van der Waals surface area contributed by atoms with E-state index < -0.39 is 0 Å². The summed E-state index contributed by atoms with van der Waals surface area (Å²) in [5.41, 5.74) is 11.1. The van der Waals surface area contributed by atoms with Crippen LogP contribution in [-0.2, 0) is 6.54 Å². The van der Waals surface area contributed by atoms with E-state index in [0.29, 0.717) is 17.8 Å². The van der Waals surface area contributed by atoms with Gasteiger partial charge in [-0.15, -0.1) is 0 Å². The van der Waals surface area contributed by atoms with E-state index in [1.165, 1.54) is 0 Å². The number of carbonyl (C=O) groups is 2. The number of benzene rings is 3. The minimum atomic E-state index is -0.327. The molecule has 2 amide bonds. The topological polar surface area (TPSA) is 122 Å². The Bertz CT molecular complexity index is 1420. The molecule has 1 fully saturated rings. The fourth-order valence-corrected chi connectivity index (χ4v) is 4.50. The van der Waals surface area contributed by atoms with Crippen LogP contribution in [0.2, 0.25) is 0 Å². The number of nitrogens with zero attached hydrogens (tertiary/aromatic N) is 2. The summed E-state index contributed by atoms with van der Waals surface area (Å²) in [6.07, 6.45) is 3.48. The van der Waals surface area contributed by atoms with Crippen LogP contribution in [0.5, 0.6) is 0 Å². The molecule has 192 valence electrons. The van der Waals surface area contributed by atoms with Gasteiger partial charge >= 0.3 is 0 Å². The molecule has 1 atom stereocenters. The van der Waals surface area contributed by atoms with E-state index in [1.54, 1.807) is 6.20 Å². The Morgan fingerprint density at radius 2 is 1.68 bits per heavy atom. The number of rotatable bonds is 7. The van der Waals surface area contributed by atoms with Gasteiger partial charge in [-0.25, -0.2) is 9.97 Å². The molecule has 1 saturated heterocycles. The lowest BCUT2D eigenvalue weighted by Gasteiger charge is -2.23. The number of nitrogens with two attached hydrogens (primary N) is 1. The third-order valence-corrected chi connectivity index (χ3v) is 6.58. The zero-order chi connectivity index (χ0) is 26.3. The molecule has 5 rings (SSSR count). The molecule has 0 bridgehead atoms. The fourth-order valence-electron chi connectivity index (χ4n) is 4.50. The summed E-state index contributed by atoms with van der Waals surface area (Å²) in [5.74, 6) is -0.387. The smallest absolute Gasteiger partial charge is 0.274 e. The number of nitrogen functional groups attached to an aromatic ring is 1. The first-order valence-electron chi connectivity index (χ1n) is 12.7. The van der Waals surface area contributed by atoms with E-state index in [0.717, 1.165) is 48.2 Å². The summed E-state index contributed by atoms with van der Waals surface area (Å²) in [6.45, 7) is 2.03. The number of aromatic nitrogens is 2. The van der Waals surface area contributed by atoms with E-state index in [-0.39, 0.29) is 29.4 Å². The highest BCUT2D eigenvalue weighted by Gasteiger charge is 2.20. The molecule has 2 heterocycles. The van der Waals surface area contributed by atoms with Crippen molar-refractivity contribution in [3.63, 3.8) is 0 Å². The first kappa shape index (κ1) is 25.1. The summed E-state index contributed by atoms with van der Waals surface area (Å²) in [5, 5.41) is 9.25. The van der Waals surface area contributed by atoms with Gasteiger partial charge in [0.1, 0.15) is 0 Å². The van der Waals surface area contributed by atoms with Gasteiger partial charge in [0.15, 0.2) is 11.5 Å². The number of hydrogen-bond donors (Lipinski definition) is 4. The number of amides is 2. The van der Waals surface area contributed by atoms with Crippen molar-refractivity contribution in [3.05, 3.63) is 102 Å². The van der Waals surface area contributed by atoms with Crippen molar-refractivity contribution >= 4 is 17.6 Å². The van der Waals surface area contributed by atoms with Gasteiger partial charge in [-0.2, -0.15) is 0 Å². The van der Waals surface area contributed by atoms with Crippen molar-refractivity contribution in [3.8, 4) is 22.4 Å². The molecule has 1 aliphatic rings. The second kappa shape index (κ2) is 11.7. The van der Waals surface area contributed by atoms with Gasteiger partial charge in [0, 0.05) is 30.3 Å². The van der Waals surface area contributed by atoms with Gasteiger partial charge in [-0.1, -0.05) is 60.7 Å². The lowest BCUT2D eigenvalue weighted by atomic mass is 10.0. The first-order valence-corrected chi connectivity index (χ1v) is 12.7. The van der Waals surface area contributed by atoms with Gasteiger partial charge in [0.2, 0.25) is 0 Å². The van der Waals surface area contributed by atoms with Crippen LogP contribution in [0.3, 0.4) is 0 Å². The van der Waals surface area contributed by atoms with Crippen LogP contribution in [0.1, 0.15) is 39.3 Å². The van der Waals surface area contributed by atoms with Crippen LogP contribution in [0.4, 0.5) is 5.82 Å². The Morgan fingerprint density at radius 3 is 2.45 bits per heavy atom. The maximum atomic E-state index is 12.8. The van der Waals surface area contributed by atoms with Crippen LogP contribution in [-0.4, -0.2) is 40.9 Å². The monoisotopic (exact) mass is 506 g/mol.